The van der Waals surface area contributed by atoms with E-state index in [1.54, 1.807) is 0 Å². The molecule has 4 nitrogen and oxygen atoms in total. The standard InChI is InChI=1S/C12H26O4S.Na/c1-2-3-4-5-6-7-8-9-10-11-12-16-17(13,14)15;/h2-12H2,1H3,(H,13,14,15);/q;+1/p-1/i12D;. The van der Waals surface area contributed by atoms with Gasteiger partial charge in [-0.15, -0.1) is 0 Å². The van der Waals surface area contributed by atoms with Crippen LogP contribution in [-0.2, 0) is 14.6 Å². The average molecular weight is 289 g/mol. The van der Waals surface area contributed by atoms with Gasteiger partial charge < -0.3 is 4.55 Å². The Hall–Kier alpha value is 0.870. The van der Waals surface area contributed by atoms with E-state index >= 15 is 0 Å². The average Bonchev–Trinajstić information content (AvgIpc) is 2.24. The first kappa shape index (κ1) is 18.9. The molecule has 0 saturated heterocycles. The second kappa shape index (κ2) is 14.3. The summed E-state index contributed by atoms with van der Waals surface area (Å²) in [7, 11) is -4.72. The van der Waals surface area contributed by atoms with Gasteiger partial charge in [0.25, 0.3) is 0 Å². The topological polar surface area (TPSA) is 66.4 Å². The maximum Gasteiger partial charge on any atom is 1.00 e. The maximum absolute atomic E-state index is 10.2. The summed E-state index contributed by atoms with van der Waals surface area (Å²) in [6.07, 6.45) is 10.7. The fourth-order valence-electron chi connectivity index (χ4n) is 1.67. The van der Waals surface area contributed by atoms with E-state index in [0.29, 0.717) is 6.42 Å². The summed E-state index contributed by atoms with van der Waals surface area (Å²) in [6.45, 7) is 0.957. The van der Waals surface area contributed by atoms with E-state index in [1.165, 1.54) is 38.5 Å². The molecule has 6 heteroatoms. The first-order valence-electron chi connectivity index (χ1n) is 7.10. The summed E-state index contributed by atoms with van der Waals surface area (Å²) in [5.41, 5.74) is 0. The Morgan fingerprint density at radius 1 is 0.944 bits per heavy atom. The molecule has 0 aliphatic rings. The molecule has 0 saturated carbocycles. The van der Waals surface area contributed by atoms with Crippen molar-refractivity contribution in [3.8, 4) is 0 Å². The number of rotatable bonds is 12. The van der Waals surface area contributed by atoms with Crippen LogP contribution in [0.3, 0.4) is 0 Å². The van der Waals surface area contributed by atoms with E-state index < -0.39 is 17.0 Å². The Morgan fingerprint density at radius 2 is 1.33 bits per heavy atom. The van der Waals surface area contributed by atoms with Crippen LogP contribution in [0.5, 0.6) is 0 Å². The van der Waals surface area contributed by atoms with Crippen molar-refractivity contribution in [2.45, 2.75) is 71.1 Å². The Morgan fingerprint density at radius 3 is 1.72 bits per heavy atom. The van der Waals surface area contributed by atoms with Gasteiger partial charge in [0.05, 0.1) is 7.95 Å². The predicted molar refractivity (Wildman–Crippen MR) is 67.5 cm³/mol. The molecule has 0 heterocycles. The van der Waals surface area contributed by atoms with E-state index in [2.05, 4.69) is 11.1 Å². The minimum atomic E-state index is -4.72. The summed E-state index contributed by atoms with van der Waals surface area (Å²) >= 11 is 0. The molecule has 0 fully saturated rings. The number of unbranched alkanes of at least 4 members (excludes halogenated alkanes) is 8. The van der Waals surface area contributed by atoms with Crippen molar-refractivity contribution >= 4 is 10.4 Å². The van der Waals surface area contributed by atoms with E-state index in [1.807, 2.05) is 0 Å². The van der Waals surface area contributed by atoms with E-state index in [0.717, 1.165) is 19.3 Å². The molecule has 1 unspecified atom stereocenters. The van der Waals surface area contributed by atoms with E-state index in [-0.39, 0.29) is 29.6 Å². The quantitative estimate of drug-likeness (QED) is 0.226. The molecule has 0 aliphatic carbocycles. The van der Waals surface area contributed by atoms with Crippen LogP contribution in [0.1, 0.15) is 72.5 Å². The van der Waals surface area contributed by atoms with Crippen LogP contribution >= 0.6 is 0 Å². The monoisotopic (exact) mass is 289 g/mol. The van der Waals surface area contributed by atoms with Crippen molar-refractivity contribution in [1.82, 2.24) is 0 Å². The first-order valence-corrected chi connectivity index (χ1v) is 7.85. The summed E-state index contributed by atoms with van der Waals surface area (Å²) in [4.78, 5) is 0. The molecule has 0 amide bonds. The Labute approximate surface area is 136 Å². The number of hydrogen-bond donors (Lipinski definition) is 0. The van der Waals surface area contributed by atoms with Crippen molar-refractivity contribution in [3.05, 3.63) is 0 Å². The molecule has 0 bridgehead atoms. The first-order chi connectivity index (χ1) is 8.45. The minimum Gasteiger partial charge on any atom is -0.726 e. The van der Waals surface area contributed by atoms with Crippen LogP contribution < -0.4 is 29.6 Å². The van der Waals surface area contributed by atoms with Crippen molar-refractivity contribution < 1.29 is 48.1 Å². The molecule has 0 aromatic heterocycles. The third kappa shape index (κ3) is 19.2. The van der Waals surface area contributed by atoms with Gasteiger partial charge in [-0.25, -0.2) is 8.42 Å². The van der Waals surface area contributed by atoms with Crippen LogP contribution in [0.15, 0.2) is 0 Å². The number of hydrogen-bond acceptors (Lipinski definition) is 4. The van der Waals surface area contributed by atoms with Crippen LogP contribution in [0, 0.1) is 0 Å². The molecule has 0 aliphatic heterocycles. The minimum absolute atomic E-state index is 0. The van der Waals surface area contributed by atoms with Gasteiger partial charge >= 0.3 is 29.6 Å². The molecule has 1 atom stereocenters. The molecular formula is C12H25NaO4S. The van der Waals surface area contributed by atoms with E-state index in [9.17, 15) is 13.0 Å². The summed E-state index contributed by atoms with van der Waals surface area (Å²) in [6, 6.07) is 0. The molecule has 0 aromatic rings. The molecule has 0 rings (SSSR count). The maximum atomic E-state index is 10.2. The van der Waals surface area contributed by atoms with E-state index in [4.69, 9.17) is 1.37 Å². The summed E-state index contributed by atoms with van der Waals surface area (Å²) in [5.74, 6) is 0. The van der Waals surface area contributed by atoms with Crippen LogP contribution in [0.25, 0.3) is 0 Å². The molecule has 0 spiro atoms. The summed E-state index contributed by atoms with van der Waals surface area (Å²) in [5, 5.41) is 0. The Bertz CT molecular complexity index is 285. The van der Waals surface area contributed by atoms with Gasteiger partial charge in [0.2, 0.25) is 10.4 Å². The fraction of sp³-hybridized carbons (Fsp3) is 1.00. The smallest absolute Gasteiger partial charge is 0.726 e. The SMILES string of the molecule is [2H]C(CCCCCCCCCCC)OS(=O)(=O)[O-].[Na+]. The molecule has 104 valence electrons. The second-order valence-electron chi connectivity index (χ2n) is 4.29. The van der Waals surface area contributed by atoms with Gasteiger partial charge in [-0.05, 0) is 6.42 Å². The normalized spacial score (nSPS) is 13.8. The van der Waals surface area contributed by atoms with Gasteiger partial charge in [0.15, 0.2) is 0 Å². The van der Waals surface area contributed by atoms with Gasteiger partial charge in [0, 0.05) is 0 Å². The van der Waals surface area contributed by atoms with Gasteiger partial charge in [0.1, 0.15) is 0 Å². The predicted octanol–water partition coefficient (Wildman–Crippen LogP) is 0.388. The van der Waals surface area contributed by atoms with Crippen LogP contribution in [0.4, 0.5) is 0 Å². The molecule has 0 aromatic carbocycles. The van der Waals surface area contributed by atoms with Crippen LogP contribution in [0.2, 0.25) is 0 Å². The van der Waals surface area contributed by atoms with Crippen molar-refractivity contribution in [1.29, 1.82) is 0 Å². The zero-order valence-corrected chi connectivity index (χ0v) is 14.5. The molecular weight excluding hydrogens is 263 g/mol. The van der Waals surface area contributed by atoms with Crippen molar-refractivity contribution in [2.24, 2.45) is 0 Å². The van der Waals surface area contributed by atoms with Gasteiger partial charge in [-0.3, -0.25) is 4.18 Å². The molecule has 0 N–H and O–H groups in total. The Balaban J connectivity index is 0. The zero-order chi connectivity index (χ0) is 13.9. The molecule has 18 heavy (non-hydrogen) atoms. The van der Waals surface area contributed by atoms with Crippen LogP contribution in [-0.4, -0.2) is 19.6 Å². The largest absolute Gasteiger partial charge is 1.00 e. The third-order valence-electron chi connectivity index (χ3n) is 2.61. The Kier molecular flexibility index (Phi) is 15.0. The van der Waals surface area contributed by atoms with Gasteiger partial charge in [-0.2, -0.15) is 0 Å². The van der Waals surface area contributed by atoms with Gasteiger partial charge in [-0.1, -0.05) is 64.7 Å². The molecule has 0 radical (unpaired) electrons. The summed E-state index contributed by atoms with van der Waals surface area (Å²) < 4.78 is 41.8. The zero-order valence-electron chi connectivity index (χ0n) is 12.7. The second-order valence-corrected chi connectivity index (χ2v) is 5.30. The van der Waals surface area contributed by atoms with Crippen molar-refractivity contribution in [3.63, 3.8) is 0 Å². The third-order valence-corrected chi connectivity index (χ3v) is 2.98. The van der Waals surface area contributed by atoms with Crippen molar-refractivity contribution in [2.75, 3.05) is 6.58 Å². The fourth-order valence-corrected chi connectivity index (χ4v) is 1.93.